The fourth-order valence-electron chi connectivity index (χ4n) is 4.27. The van der Waals surface area contributed by atoms with E-state index in [0.29, 0.717) is 15.8 Å². The Labute approximate surface area is 192 Å². The van der Waals surface area contributed by atoms with Crippen LogP contribution in [-0.2, 0) is 11.2 Å². The smallest absolute Gasteiger partial charge is 0.258 e. The molecule has 1 aliphatic rings. The Hall–Kier alpha value is -2.50. The molecule has 7 heteroatoms. The molecule has 31 heavy (non-hydrogen) atoms. The van der Waals surface area contributed by atoms with Crippen LogP contribution in [0.4, 0.5) is 0 Å². The van der Waals surface area contributed by atoms with Crippen LogP contribution in [0.3, 0.4) is 0 Å². The lowest BCUT2D eigenvalue weighted by atomic mass is 9.73. The van der Waals surface area contributed by atoms with E-state index >= 15 is 0 Å². The Kier molecular flexibility index (Phi) is 6.00. The van der Waals surface area contributed by atoms with E-state index in [4.69, 9.17) is 33.0 Å². The lowest BCUT2D eigenvalue weighted by molar-refractivity contribution is -0.124. The van der Waals surface area contributed by atoms with Crippen LogP contribution in [0.15, 0.2) is 48.5 Å². The second kappa shape index (κ2) is 8.56. The van der Waals surface area contributed by atoms with Gasteiger partial charge in [-0.2, -0.15) is 5.10 Å². The fraction of sp³-hybridized carbons (Fsp3) is 0.333. The number of ether oxygens (including phenoxy) is 1. The third-order valence-electron chi connectivity index (χ3n) is 5.55. The summed E-state index contributed by atoms with van der Waals surface area (Å²) in [5.74, 6) is 0.227. The maximum absolute atomic E-state index is 12.7. The average molecular weight is 458 g/mol. The monoisotopic (exact) mass is 457 g/mol. The molecule has 0 aliphatic heterocycles. The first-order chi connectivity index (χ1) is 14.7. The van der Waals surface area contributed by atoms with Gasteiger partial charge in [-0.15, -0.1) is 0 Å². The van der Waals surface area contributed by atoms with Crippen LogP contribution in [0.25, 0.3) is 5.69 Å². The second-order valence-electron chi connectivity index (χ2n) is 8.72. The van der Waals surface area contributed by atoms with Crippen LogP contribution in [0, 0.1) is 12.3 Å². The first kappa shape index (κ1) is 21.7. The summed E-state index contributed by atoms with van der Waals surface area (Å²) in [6.45, 7) is 6.31. The summed E-state index contributed by atoms with van der Waals surface area (Å²) >= 11 is 12.1. The molecule has 0 saturated heterocycles. The van der Waals surface area contributed by atoms with Crippen LogP contribution in [0.1, 0.15) is 43.3 Å². The summed E-state index contributed by atoms with van der Waals surface area (Å²) in [6, 6.07) is 14.9. The number of aromatic nitrogens is 2. The van der Waals surface area contributed by atoms with Gasteiger partial charge in [0.25, 0.3) is 5.91 Å². The zero-order valence-electron chi connectivity index (χ0n) is 17.8. The highest BCUT2D eigenvalue weighted by Crippen LogP contribution is 2.42. The van der Waals surface area contributed by atoms with E-state index in [1.807, 2.05) is 41.9 Å². The lowest BCUT2D eigenvalue weighted by Gasteiger charge is -2.36. The molecule has 162 valence electrons. The van der Waals surface area contributed by atoms with Crippen molar-refractivity contribution in [2.24, 2.45) is 5.41 Å². The number of hydrogen-bond acceptors (Lipinski definition) is 3. The van der Waals surface area contributed by atoms with Gasteiger partial charge in [-0.1, -0.05) is 55.2 Å². The SMILES string of the molecule is Cc1nn(-c2ccccc2)c2c1C(NC(=O)COc1ccc(Cl)cc1Cl)CC(C)(C)C2. The van der Waals surface area contributed by atoms with Crippen molar-refractivity contribution in [2.75, 3.05) is 6.61 Å². The number of amides is 1. The zero-order valence-corrected chi connectivity index (χ0v) is 19.3. The molecule has 1 amide bonds. The van der Waals surface area contributed by atoms with Crippen molar-refractivity contribution < 1.29 is 9.53 Å². The Balaban J connectivity index is 1.55. The predicted molar refractivity (Wildman–Crippen MR) is 123 cm³/mol. The maximum atomic E-state index is 12.7. The Morgan fingerprint density at radius 2 is 1.97 bits per heavy atom. The molecular weight excluding hydrogens is 433 g/mol. The number of hydrogen-bond donors (Lipinski definition) is 1. The van der Waals surface area contributed by atoms with E-state index in [9.17, 15) is 4.79 Å². The molecule has 1 unspecified atom stereocenters. The van der Waals surface area contributed by atoms with Crippen LogP contribution in [-0.4, -0.2) is 22.3 Å². The van der Waals surface area contributed by atoms with Crippen molar-refractivity contribution in [1.29, 1.82) is 0 Å². The summed E-state index contributed by atoms with van der Waals surface area (Å²) in [4.78, 5) is 12.7. The Morgan fingerprint density at radius 1 is 1.23 bits per heavy atom. The highest BCUT2D eigenvalue weighted by molar-refractivity contribution is 6.35. The highest BCUT2D eigenvalue weighted by Gasteiger charge is 2.37. The summed E-state index contributed by atoms with van der Waals surface area (Å²) in [5, 5.41) is 8.85. The van der Waals surface area contributed by atoms with E-state index in [0.717, 1.165) is 35.5 Å². The van der Waals surface area contributed by atoms with Gasteiger partial charge in [0.1, 0.15) is 5.75 Å². The van der Waals surface area contributed by atoms with E-state index in [1.165, 1.54) is 0 Å². The van der Waals surface area contributed by atoms with Crippen LogP contribution >= 0.6 is 23.2 Å². The minimum atomic E-state index is -0.202. The molecule has 0 radical (unpaired) electrons. The van der Waals surface area contributed by atoms with Crippen molar-refractivity contribution in [1.82, 2.24) is 15.1 Å². The largest absolute Gasteiger partial charge is 0.482 e. The number of aryl methyl sites for hydroxylation is 1. The summed E-state index contributed by atoms with van der Waals surface area (Å²) < 4.78 is 7.63. The summed E-state index contributed by atoms with van der Waals surface area (Å²) in [6.07, 6.45) is 1.72. The normalized spacial score (nSPS) is 17.1. The van der Waals surface area contributed by atoms with E-state index in [-0.39, 0.29) is 24.0 Å². The minimum absolute atomic E-state index is 0.0181. The number of para-hydroxylation sites is 1. The van der Waals surface area contributed by atoms with Gasteiger partial charge in [-0.05, 0) is 55.5 Å². The molecule has 1 aromatic heterocycles. The second-order valence-corrected chi connectivity index (χ2v) is 9.57. The summed E-state index contributed by atoms with van der Waals surface area (Å²) in [5.41, 5.74) is 4.22. The number of carbonyl (C=O) groups is 1. The minimum Gasteiger partial charge on any atom is -0.482 e. The molecule has 4 rings (SSSR count). The maximum Gasteiger partial charge on any atom is 0.258 e. The number of nitrogens with zero attached hydrogens (tertiary/aromatic N) is 2. The third kappa shape index (κ3) is 4.73. The van der Waals surface area contributed by atoms with Gasteiger partial charge >= 0.3 is 0 Å². The van der Waals surface area contributed by atoms with Crippen molar-refractivity contribution >= 4 is 29.1 Å². The van der Waals surface area contributed by atoms with Gasteiger partial charge in [0.15, 0.2) is 6.61 Å². The van der Waals surface area contributed by atoms with Crippen LogP contribution in [0.2, 0.25) is 10.0 Å². The molecule has 3 aromatic rings. The van der Waals surface area contributed by atoms with Gasteiger partial charge in [0.2, 0.25) is 0 Å². The number of nitrogens with one attached hydrogen (secondary N) is 1. The van der Waals surface area contributed by atoms with Crippen molar-refractivity contribution in [3.63, 3.8) is 0 Å². The predicted octanol–water partition coefficient (Wildman–Crippen LogP) is 5.70. The lowest BCUT2D eigenvalue weighted by Crippen LogP contribution is -2.39. The summed E-state index contributed by atoms with van der Waals surface area (Å²) in [7, 11) is 0. The fourth-order valence-corrected chi connectivity index (χ4v) is 4.73. The molecule has 0 spiro atoms. The number of benzene rings is 2. The molecule has 0 bridgehead atoms. The van der Waals surface area contributed by atoms with Gasteiger partial charge in [0.05, 0.1) is 28.1 Å². The quantitative estimate of drug-likeness (QED) is 0.534. The zero-order chi connectivity index (χ0) is 22.2. The number of fused-ring (bicyclic) bond motifs is 1. The molecule has 1 atom stereocenters. The van der Waals surface area contributed by atoms with Crippen molar-refractivity contribution in [3.05, 3.63) is 75.5 Å². The molecule has 2 aromatic carbocycles. The molecule has 5 nitrogen and oxygen atoms in total. The molecule has 1 N–H and O–H groups in total. The molecule has 1 heterocycles. The molecule has 0 fully saturated rings. The highest BCUT2D eigenvalue weighted by atomic mass is 35.5. The Morgan fingerprint density at radius 3 is 2.68 bits per heavy atom. The van der Waals surface area contributed by atoms with E-state index < -0.39 is 0 Å². The van der Waals surface area contributed by atoms with Crippen molar-refractivity contribution in [3.8, 4) is 11.4 Å². The molecule has 1 aliphatic carbocycles. The van der Waals surface area contributed by atoms with Gasteiger partial charge in [-0.25, -0.2) is 4.68 Å². The van der Waals surface area contributed by atoms with Crippen LogP contribution < -0.4 is 10.1 Å². The first-order valence-electron chi connectivity index (χ1n) is 10.2. The van der Waals surface area contributed by atoms with Gasteiger partial charge in [0, 0.05) is 10.6 Å². The van der Waals surface area contributed by atoms with Gasteiger partial charge in [-0.3, -0.25) is 4.79 Å². The number of rotatable bonds is 5. The third-order valence-corrected chi connectivity index (χ3v) is 6.08. The first-order valence-corrected chi connectivity index (χ1v) is 11.0. The van der Waals surface area contributed by atoms with Crippen LogP contribution in [0.5, 0.6) is 5.75 Å². The molecule has 0 saturated carbocycles. The average Bonchev–Trinajstić information content (AvgIpc) is 3.03. The standard InChI is InChI=1S/C24H25Cl2N3O2/c1-15-23-19(27-22(30)14-31-21-10-9-16(25)11-18(21)26)12-24(2,3)13-20(23)29(28-15)17-7-5-4-6-8-17/h4-11,19H,12-14H2,1-3H3,(H,27,30). The van der Waals surface area contributed by atoms with Crippen molar-refractivity contribution in [2.45, 2.75) is 39.7 Å². The Bertz CT molecular complexity index is 1110. The molecular formula is C24H25Cl2N3O2. The topological polar surface area (TPSA) is 56.2 Å². The number of halogens is 2. The van der Waals surface area contributed by atoms with Gasteiger partial charge < -0.3 is 10.1 Å². The van der Waals surface area contributed by atoms with E-state index in [2.05, 4.69) is 19.2 Å². The van der Waals surface area contributed by atoms with E-state index in [1.54, 1.807) is 18.2 Å². The number of carbonyl (C=O) groups excluding carboxylic acids is 1.